The highest BCUT2D eigenvalue weighted by Crippen LogP contribution is 2.22. The molecule has 0 radical (unpaired) electrons. The molecule has 1 aromatic heterocycles. The number of rotatable bonds is 3. The fourth-order valence-electron chi connectivity index (χ4n) is 1.94. The van der Waals surface area contributed by atoms with Gasteiger partial charge in [0.15, 0.2) is 0 Å². The Kier molecular flexibility index (Phi) is 2.82. The maximum absolute atomic E-state index is 13.2. The monoisotopic (exact) mass is 197 g/mol. The molecule has 1 aliphatic carbocycles. The van der Waals surface area contributed by atoms with Gasteiger partial charge in [0.25, 0.3) is 0 Å². The lowest BCUT2D eigenvalue weighted by Crippen LogP contribution is -2.33. The van der Waals surface area contributed by atoms with Crippen LogP contribution in [-0.2, 0) is 13.6 Å². The molecule has 1 N–H and O–H groups in total. The number of halogens is 1. The van der Waals surface area contributed by atoms with E-state index in [0.29, 0.717) is 13.0 Å². The molecular weight excluding hydrogens is 181 g/mol. The van der Waals surface area contributed by atoms with Crippen molar-refractivity contribution in [3.63, 3.8) is 0 Å². The molecule has 0 spiro atoms. The van der Waals surface area contributed by atoms with Gasteiger partial charge in [0.05, 0.1) is 12.0 Å². The fourth-order valence-corrected chi connectivity index (χ4v) is 1.94. The van der Waals surface area contributed by atoms with Gasteiger partial charge in [0.1, 0.15) is 6.17 Å². The van der Waals surface area contributed by atoms with Crippen LogP contribution in [0.1, 0.15) is 25.0 Å². The summed E-state index contributed by atoms with van der Waals surface area (Å²) in [5.41, 5.74) is 1.10. The van der Waals surface area contributed by atoms with Crippen molar-refractivity contribution in [3.8, 4) is 0 Å². The number of aromatic nitrogens is 2. The van der Waals surface area contributed by atoms with Crippen LogP contribution >= 0.6 is 0 Å². The molecule has 3 nitrogen and oxygen atoms in total. The minimum Gasteiger partial charge on any atom is -0.337 e. The summed E-state index contributed by atoms with van der Waals surface area (Å²) in [5, 5.41) is 3.24. The third kappa shape index (κ3) is 1.95. The van der Waals surface area contributed by atoms with Crippen molar-refractivity contribution >= 4 is 0 Å². The lowest BCUT2D eigenvalue weighted by molar-refractivity contribution is 0.278. The molecule has 2 rings (SSSR count). The van der Waals surface area contributed by atoms with Gasteiger partial charge in [-0.2, -0.15) is 0 Å². The first-order valence-corrected chi connectivity index (χ1v) is 5.10. The summed E-state index contributed by atoms with van der Waals surface area (Å²) in [5.74, 6) is 0. The van der Waals surface area contributed by atoms with Crippen molar-refractivity contribution < 1.29 is 4.39 Å². The average Bonchev–Trinajstić information content (AvgIpc) is 2.72. The topological polar surface area (TPSA) is 29.9 Å². The Hall–Kier alpha value is -0.900. The summed E-state index contributed by atoms with van der Waals surface area (Å²) in [4.78, 5) is 4.02. The van der Waals surface area contributed by atoms with Crippen molar-refractivity contribution in [2.45, 2.75) is 38.0 Å². The first-order valence-electron chi connectivity index (χ1n) is 5.10. The first kappa shape index (κ1) is 9.65. The van der Waals surface area contributed by atoms with Gasteiger partial charge >= 0.3 is 0 Å². The molecule has 0 amide bonds. The molecule has 0 aromatic carbocycles. The molecule has 2 atom stereocenters. The zero-order valence-corrected chi connectivity index (χ0v) is 8.41. The lowest BCUT2D eigenvalue weighted by atomic mass is 10.2. The highest BCUT2D eigenvalue weighted by molar-refractivity contribution is 4.98. The highest BCUT2D eigenvalue weighted by Gasteiger charge is 2.26. The van der Waals surface area contributed by atoms with E-state index in [1.165, 1.54) is 0 Å². The van der Waals surface area contributed by atoms with Crippen LogP contribution in [0.3, 0.4) is 0 Å². The van der Waals surface area contributed by atoms with E-state index in [0.717, 1.165) is 18.5 Å². The molecule has 1 heterocycles. The number of hydrogen-bond donors (Lipinski definition) is 1. The summed E-state index contributed by atoms with van der Waals surface area (Å²) in [6.07, 6.45) is 5.59. The highest BCUT2D eigenvalue weighted by atomic mass is 19.1. The van der Waals surface area contributed by atoms with E-state index in [1.807, 2.05) is 17.8 Å². The number of hydrogen-bond acceptors (Lipinski definition) is 2. The van der Waals surface area contributed by atoms with E-state index in [1.54, 1.807) is 6.33 Å². The van der Waals surface area contributed by atoms with Gasteiger partial charge in [-0.15, -0.1) is 0 Å². The van der Waals surface area contributed by atoms with Crippen molar-refractivity contribution in [2.24, 2.45) is 7.05 Å². The third-order valence-corrected chi connectivity index (χ3v) is 2.89. The van der Waals surface area contributed by atoms with E-state index in [9.17, 15) is 4.39 Å². The standard InChI is InChI=1S/C10H16FN3/c1-14-7-12-5-8(14)6-13-10-4-2-3-9(10)11/h5,7,9-10,13H,2-4,6H2,1H3/t9-,10+/m0/s1. The maximum Gasteiger partial charge on any atom is 0.115 e. The summed E-state index contributed by atoms with van der Waals surface area (Å²) in [7, 11) is 1.95. The Balaban J connectivity index is 1.85. The Morgan fingerprint density at radius 1 is 1.64 bits per heavy atom. The molecule has 1 saturated carbocycles. The molecule has 14 heavy (non-hydrogen) atoms. The van der Waals surface area contributed by atoms with Crippen LogP contribution in [0.15, 0.2) is 12.5 Å². The van der Waals surface area contributed by atoms with Crippen LogP contribution in [0.4, 0.5) is 4.39 Å². The molecule has 0 aliphatic heterocycles. The Morgan fingerprint density at radius 3 is 3.07 bits per heavy atom. The third-order valence-electron chi connectivity index (χ3n) is 2.89. The van der Waals surface area contributed by atoms with Gasteiger partial charge in [-0.1, -0.05) is 0 Å². The van der Waals surface area contributed by atoms with Gasteiger partial charge in [0.2, 0.25) is 0 Å². The van der Waals surface area contributed by atoms with Crippen molar-refractivity contribution in [1.29, 1.82) is 0 Å². The number of nitrogens with one attached hydrogen (secondary N) is 1. The molecule has 0 saturated heterocycles. The molecule has 1 aromatic rings. The number of nitrogens with zero attached hydrogens (tertiary/aromatic N) is 2. The molecule has 4 heteroatoms. The lowest BCUT2D eigenvalue weighted by Gasteiger charge is -2.14. The summed E-state index contributed by atoms with van der Waals surface area (Å²) < 4.78 is 15.2. The second-order valence-electron chi connectivity index (χ2n) is 3.93. The van der Waals surface area contributed by atoms with Gasteiger partial charge < -0.3 is 9.88 Å². The van der Waals surface area contributed by atoms with E-state index in [4.69, 9.17) is 0 Å². The fraction of sp³-hybridized carbons (Fsp3) is 0.700. The summed E-state index contributed by atoms with van der Waals surface area (Å²) in [6.45, 7) is 0.710. The smallest absolute Gasteiger partial charge is 0.115 e. The van der Waals surface area contributed by atoms with Crippen molar-refractivity contribution in [2.75, 3.05) is 0 Å². The Labute approximate surface area is 83.3 Å². The number of alkyl halides is 1. The van der Waals surface area contributed by atoms with Crippen molar-refractivity contribution in [1.82, 2.24) is 14.9 Å². The SMILES string of the molecule is Cn1cncc1CN[C@@H]1CCC[C@@H]1F. The molecule has 78 valence electrons. The zero-order chi connectivity index (χ0) is 9.97. The Morgan fingerprint density at radius 2 is 2.50 bits per heavy atom. The van der Waals surface area contributed by atoms with Gasteiger partial charge in [-0.05, 0) is 19.3 Å². The predicted molar refractivity (Wildman–Crippen MR) is 52.6 cm³/mol. The minimum atomic E-state index is -0.664. The zero-order valence-electron chi connectivity index (χ0n) is 8.41. The van der Waals surface area contributed by atoms with Crippen LogP contribution in [0, 0.1) is 0 Å². The average molecular weight is 197 g/mol. The molecule has 1 aliphatic rings. The van der Waals surface area contributed by atoms with Crippen molar-refractivity contribution in [3.05, 3.63) is 18.2 Å². The molecular formula is C10H16FN3. The van der Waals surface area contributed by atoms with Crippen LogP contribution in [0.25, 0.3) is 0 Å². The van der Waals surface area contributed by atoms with Crippen LogP contribution in [0.5, 0.6) is 0 Å². The van der Waals surface area contributed by atoms with Gasteiger partial charge in [-0.25, -0.2) is 9.37 Å². The largest absolute Gasteiger partial charge is 0.337 e. The van der Waals surface area contributed by atoms with E-state index < -0.39 is 6.17 Å². The van der Waals surface area contributed by atoms with Crippen LogP contribution in [-0.4, -0.2) is 21.8 Å². The number of aryl methyl sites for hydroxylation is 1. The minimum absolute atomic E-state index is 0.0462. The molecule has 0 bridgehead atoms. The van der Waals surface area contributed by atoms with Gasteiger partial charge in [-0.3, -0.25) is 0 Å². The van der Waals surface area contributed by atoms with Gasteiger partial charge in [0, 0.05) is 25.8 Å². The maximum atomic E-state index is 13.2. The van der Waals surface area contributed by atoms with Crippen LogP contribution in [0.2, 0.25) is 0 Å². The summed E-state index contributed by atoms with van der Waals surface area (Å²) >= 11 is 0. The molecule has 1 fully saturated rings. The van der Waals surface area contributed by atoms with E-state index in [2.05, 4.69) is 10.3 Å². The van der Waals surface area contributed by atoms with Crippen LogP contribution < -0.4 is 5.32 Å². The molecule has 0 unspecified atom stereocenters. The van der Waals surface area contributed by atoms with E-state index >= 15 is 0 Å². The number of imidazole rings is 1. The quantitative estimate of drug-likeness (QED) is 0.793. The Bertz CT molecular complexity index is 297. The predicted octanol–water partition coefficient (Wildman–Crippen LogP) is 1.40. The normalized spacial score (nSPS) is 27.0. The summed E-state index contributed by atoms with van der Waals surface area (Å²) in [6, 6.07) is 0.0462. The first-order chi connectivity index (χ1) is 6.77. The second kappa shape index (κ2) is 4.09. The van der Waals surface area contributed by atoms with E-state index in [-0.39, 0.29) is 6.04 Å². The second-order valence-corrected chi connectivity index (χ2v) is 3.93.